The maximum Gasteiger partial charge on any atom is 0.187 e. The van der Waals surface area contributed by atoms with Crippen LogP contribution in [0.3, 0.4) is 0 Å². The highest BCUT2D eigenvalue weighted by molar-refractivity contribution is 9.10. The van der Waals surface area contributed by atoms with Crippen LogP contribution < -0.4 is 5.73 Å². The molecule has 0 amide bonds. The van der Waals surface area contributed by atoms with Gasteiger partial charge in [-0.2, -0.15) is 4.68 Å². The average molecular weight is 330 g/mol. The minimum atomic E-state index is 0.683. The fourth-order valence-corrected chi connectivity index (χ4v) is 2.61. The van der Waals surface area contributed by atoms with Gasteiger partial charge in [0.25, 0.3) is 0 Å². The van der Waals surface area contributed by atoms with Gasteiger partial charge in [0.05, 0.1) is 5.69 Å². The van der Waals surface area contributed by atoms with Crippen LogP contribution in [-0.2, 0) is 0 Å². The van der Waals surface area contributed by atoms with Crippen molar-refractivity contribution in [2.75, 3.05) is 5.73 Å². The summed E-state index contributed by atoms with van der Waals surface area (Å²) < 4.78 is 2.70. The van der Waals surface area contributed by atoms with E-state index in [0.29, 0.717) is 11.5 Å². The van der Waals surface area contributed by atoms with Crippen LogP contribution in [0.15, 0.2) is 46.9 Å². The molecule has 20 heavy (non-hydrogen) atoms. The van der Waals surface area contributed by atoms with Crippen molar-refractivity contribution in [3.05, 3.63) is 52.5 Å². The molecule has 0 saturated carbocycles. The maximum absolute atomic E-state index is 5.70. The summed E-state index contributed by atoms with van der Waals surface area (Å²) in [5.41, 5.74) is 9.38. The summed E-state index contributed by atoms with van der Waals surface area (Å²) in [6.07, 6.45) is 0. The summed E-state index contributed by atoms with van der Waals surface area (Å²) in [6, 6.07) is 13.5. The monoisotopic (exact) mass is 329 g/mol. The van der Waals surface area contributed by atoms with E-state index in [1.165, 1.54) is 0 Å². The van der Waals surface area contributed by atoms with Crippen molar-refractivity contribution in [1.82, 2.24) is 20.2 Å². The zero-order valence-electron chi connectivity index (χ0n) is 10.8. The average Bonchev–Trinajstić information content (AvgIpc) is 2.87. The quantitative estimate of drug-likeness (QED) is 0.734. The zero-order valence-corrected chi connectivity index (χ0v) is 12.4. The lowest BCUT2D eigenvalue weighted by atomic mass is 10.2. The lowest BCUT2D eigenvalue weighted by molar-refractivity contribution is 0.790. The molecule has 0 radical (unpaired) electrons. The molecule has 2 N–H and O–H groups in total. The minimum Gasteiger partial charge on any atom is -0.399 e. The number of hydrogen-bond donors (Lipinski definition) is 1. The summed E-state index contributed by atoms with van der Waals surface area (Å²) in [7, 11) is 0. The van der Waals surface area contributed by atoms with E-state index in [9.17, 15) is 0 Å². The molecule has 1 heterocycles. The molecule has 0 fully saturated rings. The highest BCUT2D eigenvalue weighted by Crippen LogP contribution is 2.23. The molecule has 3 rings (SSSR count). The van der Waals surface area contributed by atoms with Crippen LogP contribution in [0.5, 0.6) is 0 Å². The first-order valence-corrected chi connectivity index (χ1v) is 6.84. The van der Waals surface area contributed by atoms with E-state index in [2.05, 4.69) is 31.5 Å². The largest absolute Gasteiger partial charge is 0.399 e. The van der Waals surface area contributed by atoms with E-state index in [-0.39, 0.29) is 0 Å². The van der Waals surface area contributed by atoms with E-state index in [1.54, 1.807) is 4.68 Å². The van der Waals surface area contributed by atoms with Crippen molar-refractivity contribution >= 4 is 21.6 Å². The Morgan fingerprint density at radius 2 is 1.85 bits per heavy atom. The second-order valence-corrected chi connectivity index (χ2v) is 5.44. The molecule has 6 heteroatoms. The van der Waals surface area contributed by atoms with Gasteiger partial charge in [0.15, 0.2) is 5.82 Å². The fraction of sp³-hybridized carbons (Fsp3) is 0.0714. The highest BCUT2D eigenvalue weighted by atomic mass is 79.9. The third-order valence-corrected chi connectivity index (χ3v) is 3.37. The van der Waals surface area contributed by atoms with E-state index in [0.717, 1.165) is 21.3 Å². The predicted molar refractivity (Wildman–Crippen MR) is 81.4 cm³/mol. The standard InChI is InChI=1S/C14H12BrN5/c1-9-6-11(15)8-13(7-9)20-14(17-18-19-20)10-2-4-12(16)5-3-10/h2-8H,16H2,1H3. The van der Waals surface area contributed by atoms with Crippen LogP contribution in [0.4, 0.5) is 5.69 Å². The van der Waals surface area contributed by atoms with Crippen molar-refractivity contribution in [3.63, 3.8) is 0 Å². The van der Waals surface area contributed by atoms with Gasteiger partial charge >= 0.3 is 0 Å². The Hall–Kier alpha value is -2.21. The van der Waals surface area contributed by atoms with Crippen molar-refractivity contribution in [1.29, 1.82) is 0 Å². The SMILES string of the molecule is Cc1cc(Br)cc(-n2nnnc2-c2ccc(N)cc2)c1. The molecule has 0 aliphatic carbocycles. The second kappa shape index (κ2) is 5.05. The molecule has 0 aliphatic heterocycles. The zero-order chi connectivity index (χ0) is 14.1. The van der Waals surface area contributed by atoms with Crippen molar-refractivity contribution in [3.8, 4) is 17.1 Å². The Balaban J connectivity index is 2.12. The first-order chi connectivity index (χ1) is 9.63. The molecule has 0 saturated heterocycles. The summed E-state index contributed by atoms with van der Waals surface area (Å²) in [5.74, 6) is 0.683. The molecule has 2 aromatic carbocycles. The highest BCUT2D eigenvalue weighted by Gasteiger charge is 2.11. The number of aromatic nitrogens is 4. The predicted octanol–water partition coefficient (Wildman–Crippen LogP) is 2.98. The van der Waals surface area contributed by atoms with Gasteiger partial charge in [-0.1, -0.05) is 15.9 Å². The first-order valence-electron chi connectivity index (χ1n) is 6.05. The summed E-state index contributed by atoms with van der Waals surface area (Å²) in [5, 5.41) is 11.9. The van der Waals surface area contributed by atoms with Gasteiger partial charge in [0, 0.05) is 15.7 Å². The molecule has 0 atom stereocenters. The smallest absolute Gasteiger partial charge is 0.187 e. The van der Waals surface area contributed by atoms with Crippen LogP contribution in [0.1, 0.15) is 5.56 Å². The minimum absolute atomic E-state index is 0.683. The molecular formula is C14H12BrN5. The van der Waals surface area contributed by atoms with Crippen molar-refractivity contribution < 1.29 is 0 Å². The number of anilines is 1. The summed E-state index contributed by atoms with van der Waals surface area (Å²) >= 11 is 3.49. The second-order valence-electron chi connectivity index (χ2n) is 4.52. The number of nitrogens with zero attached hydrogens (tertiary/aromatic N) is 4. The van der Waals surface area contributed by atoms with Gasteiger partial charge in [-0.25, -0.2) is 0 Å². The first kappa shape index (κ1) is 12.8. The molecule has 100 valence electrons. The third-order valence-electron chi connectivity index (χ3n) is 2.91. The Kier molecular flexibility index (Phi) is 3.23. The van der Waals surface area contributed by atoms with Crippen LogP contribution in [0.2, 0.25) is 0 Å². The van der Waals surface area contributed by atoms with Crippen LogP contribution >= 0.6 is 15.9 Å². The molecule has 0 bridgehead atoms. The number of hydrogen-bond acceptors (Lipinski definition) is 4. The van der Waals surface area contributed by atoms with E-state index < -0.39 is 0 Å². The van der Waals surface area contributed by atoms with Gasteiger partial charge in [-0.05, 0) is 65.4 Å². The topological polar surface area (TPSA) is 69.6 Å². The van der Waals surface area contributed by atoms with Crippen LogP contribution in [-0.4, -0.2) is 20.2 Å². The van der Waals surface area contributed by atoms with Crippen molar-refractivity contribution in [2.24, 2.45) is 0 Å². The number of nitrogens with two attached hydrogens (primary N) is 1. The van der Waals surface area contributed by atoms with Gasteiger partial charge < -0.3 is 5.73 Å². The van der Waals surface area contributed by atoms with Crippen LogP contribution in [0.25, 0.3) is 17.1 Å². The Bertz CT molecular complexity index is 728. The Morgan fingerprint density at radius 3 is 2.55 bits per heavy atom. The molecule has 0 aliphatic rings. The molecule has 3 aromatic rings. The summed E-state index contributed by atoms with van der Waals surface area (Å²) in [4.78, 5) is 0. The van der Waals surface area contributed by atoms with Gasteiger partial charge in [-0.3, -0.25) is 0 Å². The van der Waals surface area contributed by atoms with E-state index >= 15 is 0 Å². The Labute approximate surface area is 124 Å². The van der Waals surface area contributed by atoms with Gasteiger partial charge in [0.1, 0.15) is 0 Å². The number of rotatable bonds is 2. The number of benzene rings is 2. The summed E-state index contributed by atoms with van der Waals surface area (Å²) in [6.45, 7) is 2.03. The van der Waals surface area contributed by atoms with Gasteiger partial charge in [-0.15, -0.1) is 5.10 Å². The van der Waals surface area contributed by atoms with Crippen LogP contribution in [0, 0.1) is 6.92 Å². The van der Waals surface area contributed by atoms with E-state index in [1.807, 2.05) is 49.4 Å². The van der Waals surface area contributed by atoms with E-state index in [4.69, 9.17) is 5.73 Å². The third kappa shape index (κ3) is 2.42. The van der Waals surface area contributed by atoms with Gasteiger partial charge in [0.2, 0.25) is 0 Å². The lowest BCUT2D eigenvalue weighted by Crippen LogP contribution is -2.00. The molecule has 1 aromatic heterocycles. The fourth-order valence-electron chi connectivity index (χ4n) is 2.01. The molecule has 0 spiro atoms. The Morgan fingerprint density at radius 1 is 1.10 bits per heavy atom. The lowest BCUT2D eigenvalue weighted by Gasteiger charge is -2.06. The van der Waals surface area contributed by atoms with Crippen molar-refractivity contribution in [2.45, 2.75) is 6.92 Å². The molecular weight excluding hydrogens is 318 g/mol. The normalized spacial score (nSPS) is 10.7. The molecule has 5 nitrogen and oxygen atoms in total. The number of halogens is 1. The number of aryl methyl sites for hydroxylation is 1. The number of nitrogen functional groups attached to an aromatic ring is 1. The maximum atomic E-state index is 5.70. The number of tetrazole rings is 1. The molecule has 0 unspecified atom stereocenters.